The zero-order valence-electron chi connectivity index (χ0n) is 10.9. The lowest BCUT2D eigenvalue weighted by Gasteiger charge is -2.27. The van der Waals surface area contributed by atoms with Crippen molar-refractivity contribution in [2.45, 2.75) is 0 Å². The van der Waals surface area contributed by atoms with Crippen molar-refractivity contribution in [1.82, 2.24) is 4.31 Å². The molecule has 0 aliphatic carbocycles. The molecule has 2 aliphatic heterocycles. The summed E-state index contributed by atoms with van der Waals surface area (Å²) < 4.78 is 36.3. The molecule has 6 nitrogen and oxygen atoms in total. The van der Waals surface area contributed by atoms with Crippen molar-refractivity contribution in [1.29, 1.82) is 0 Å². The van der Waals surface area contributed by atoms with Crippen molar-refractivity contribution in [3.63, 3.8) is 0 Å². The third kappa shape index (κ3) is 2.65. The fourth-order valence-corrected chi connectivity index (χ4v) is 3.32. The summed E-state index contributed by atoms with van der Waals surface area (Å²) >= 11 is 0. The van der Waals surface area contributed by atoms with Crippen molar-refractivity contribution in [3.05, 3.63) is 35.9 Å². The van der Waals surface area contributed by atoms with Crippen LogP contribution in [-0.4, -0.2) is 45.6 Å². The van der Waals surface area contributed by atoms with Gasteiger partial charge >= 0.3 is 10.3 Å². The highest BCUT2D eigenvalue weighted by molar-refractivity contribution is 7.84. The summed E-state index contributed by atoms with van der Waals surface area (Å²) in [7, 11) is -3.77. The van der Waals surface area contributed by atoms with E-state index in [1.807, 2.05) is 24.3 Å². The van der Waals surface area contributed by atoms with E-state index >= 15 is 0 Å². The van der Waals surface area contributed by atoms with E-state index in [1.165, 1.54) is 4.31 Å². The molecule has 1 saturated heterocycles. The molecule has 108 valence electrons. The number of anilines is 1. The fraction of sp³-hybridized carbons (Fsp3) is 0.385. The van der Waals surface area contributed by atoms with E-state index in [9.17, 15) is 8.42 Å². The van der Waals surface area contributed by atoms with E-state index in [-0.39, 0.29) is 0 Å². The van der Waals surface area contributed by atoms with Crippen LogP contribution < -0.4 is 5.32 Å². The Morgan fingerprint density at radius 3 is 2.75 bits per heavy atom. The minimum atomic E-state index is -3.77. The molecule has 7 heteroatoms. The third-order valence-corrected chi connectivity index (χ3v) is 4.64. The lowest BCUT2D eigenvalue weighted by Crippen LogP contribution is -2.41. The van der Waals surface area contributed by atoms with Gasteiger partial charge in [0.1, 0.15) is 0 Å². The van der Waals surface area contributed by atoms with Gasteiger partial charge in [-0.25, -0.2) is 0 Å². The van der Waals surface area contributed by atoms with Crippen LogP contribution in [-0.2, 0) is 19.2 Å². The van der Waals surface area contributed by atoms with Gasteiger partial charge in [0.05, 0.1) is 13.2 Å². The van der Waals surface area contributed by atoms with Gasteiger partial charge in [-0.15, -0.1) is 0 Å². The van der Waals surface area contributed by atoms with Crippen molar-refractivity contribution < 1.29 is 17.3 Å². The molecule has 0 amide bonds. The van der Waals surface area contributed by atoms with Crippen LogP contribution >= 0.6 is 0 Å². The van der Waals surface area contributed by atoms with Crippen LogP contribution in [0.15, 0.2) is 30.3 Å². The molecule has 3 rings (SSSR count). The molecule has 0 atom stereocenters. The first-order chi connectivity index (χ1) is 9.67. The second-order valence-corrected chi connectivity index (χ2v) is 6.09. The number of hydrogen-bond acceptors (Lipinski definition) is 5. The molecule has 2 aliphatic rings. The van der Waals surface area contributed by atoms with Gasteiger partial charge in [-0.1, -0.05) is 12.1 Å². The molecule has 0 saturated carbocycles. The maximum atomic E-state index is 12.3. The Hall–Kier alpha value is -1.57. The predicted molar refractivity (Wildman–Crippen MR) is 75.3 cm³/mol. The topological polar surface area (TPSA) is 67.9 Å². The summed E-state index contributed by atoms with van der Waals surface area (Å²) in [6.45, 7) is 2.01. The van der Waals surface area contributed by atoms with E-state index in [2.05, 4.69) is 5.32 Å². The van der Waals surface area contributed by atoms with Crippen LogP contribution in [0.3, 0.4) is 0 Å². The van der Waals surface area contributed by atoms with E-state index in [0.717, 1.165) is 11.3 Å². The number of ether oxygens (including phenoxy) is 1. The highest BCUT2D eigenvalue weighted by atomic mass is 32.2. The van der Waals surface area contributed by atoms with Gasteiger partial charge < -0.3 is 14.2 Å². The van der Waals surface area contributed by atoms with Crippen molar-refractivity contribution >= 4 is 21.8 Å². The molecule has 1 fully saturated rings. The molecular formula is C13H16N2O4S. The molecule has 2 heterocycles. The van der Waals surface area contributed by atoms with E-state index in [4.69, 9.17) is 8.92 Å². The van der Waals surface area contributed by atoms with Gasteiger partial charge in [-0.05, 0) is 18.2 Å². The number of nitrogens with zero attached hydrogens (tertiary/aromatic N) is 1. The zero-order chi connectivity index (χ0) is 14.0. The monoisotopic (exact) mass is 296 g/mol. The number of morpholine rings is 1. The Labute approximate surface area is 118 Å². The highest BCUT2D eigenvalue weighted by Gasteiger charge is 2.28. The van der Waals surface area contributed by atoms with Crippen LogP contribution in [0, 0.1) is 0 Å². The van der Waals surface area contributed by atoms with Gasteiger partial charge in [-0.3, -0.25) is 0 Å². The van der Waals surface area contributed by atoms with E-state index in [0.29, 0.717) is 38.6 Å². The first-order valence-electron chi connectivity index (χ1n) is 6.47. The summed E-state index contributed by atoms with van der Waals surface area (Å²) in [6.07, 6.45) is 1.74. The SMILES string of the molecule is O=S(=O)(OC1=CCNc2ccccc21)N1CCOCC1. The summed E-state index contributed by atoms with van der Waals surface area (Å²) in [5.74, 6) is 0.380. The maximum absolute atomic E-state index is 12.3. The number of hydrogen-bond donors (Lipinski definition) is 1. The number of benzene rings is 1. The molecule has 1 aromatic carbocycles. The van der Waals surface area contributed by atoms with Crippen molar-refractivity contribution in [2.75, 3.05) is 38.2 Å². The van der Waals surface area contributed by atoms with E-state index < -0.39 is 10.3 Å². The van der Waals surface area contributed by atoms with Crippen LogP contribution in [0.5, 0.6) is 0 Å². The molecule has 0 spiro atoms. The van der Waals surface area contributed by atoms with Gasteiger partial charge in [-0.2, -0.15) is 12.7 Å². The number of para-hydroxylation sites is 1. The zero-order valence-corrected chi connectivity index (χ0v) is 11.7. The summed E-state index contributed by atoms with van der Waals surface area (Å²) in [6, 6.07) is 7.48. The Bertz CT molecular complexity index is 621. The average molecular weight is 296 g/mol. The number of rotatable bonds is 3. The third-order valence-electron chi connectivity index (χ3n) is 3.25. The minimum absolute atomic E-state index is 0.329. The minimum Gasteiger partial charge on any atom is -0.381 e. The average Bonchev–Trinajstić information content (AvgIpc) is 2.48. The van der Waals surface area contributed by atoms with Gasteiger partial charge in [0.15, 0.2) is 5.76 Å². The normalized spacial score (nSPS) is 19.7. The maximum Gasteiger partial charge on any atom is 0.385 e. The molecule has 0 aromatic heterocycles. The highest BCUT2D eigenvalue weighted by Crippen LogP contribution is 2.29. The summed E-state index contributed by atoms with van der Waals surface area (Å²) in [4.78, 5) is 0. The number of nitrogens with one attached hydrogen (secondary N) is 1. The fourth-order valence-electron chi connectivity index (χ4n) is 2.23. The summed E-state index contributed by atoms with van der Waals surface area (Å²) in [5, 5.41) is 3.17. The van der Waals surface area contributed by atoms with Gasteiger partial charge in [0.25, 0.3) is 0 Å². The molecule has 0 radical (unpaired) electrons. The van der Waals surface area contributed by atoms with Gasteiger partial charge in [0, 0.05) is 30.9 Å². The first-order valence-corrected chi connectivity index (χ1v) is 7.84. The Kier molecular flexibility index (Phi) is 3.64. The molecule has 0 bridgehead atoms. The molecule has 20 heavy (non-hydrogen) atoms. The largest absolute Gasteiger partial charge is 0.385 e. The summed E-state index contributed by atoms with van der Waals surface area (Å²) in [5.41, 5.74) is 1.64. The first kappa shape index (κ1) is 13.4. The lowest BCUT2D eigenvalue weighted by molar-refractivity contribution is 0.0693. The quantitative estimate of drug-likeness (QED) is 0.903. The predicted octanol–water partition coefficient (Wildman–Crippen LogP) is 1.05. The Morgan fingerprint density at radius 2 is 1.95 bits per heavy atom. The lowest BCUT2D eigenvalue weighted by atomic mass is 10.1. The standard InChI is InChI=1S/C13H16N2O4S/c16-20(17,15-7-9-18-10-8-15)19-13-5-6-14-12-4-2-1-3-11(12)13/h1-5,14H,6-10H2. The Balaban J connectivity index is 1.82. The van der Waals surface area contributed by atoms with Crippen molar-refractivity contribution in [3.8, 4) is 0 Å². The molecule has 0 unspecified atom stereocenters. The van der Waals surface area contributed by atoms with Crippen LogP contribution in [0.2, 0.25) is 0 Å². The smallest absolute Gasteiger partial charge is 0.381 e. The molecule has 1 aromatic rings. The second kappa shape index (κ2) is 5.43. The molecule has 1 N–H and O–H groups in total. The van der Waals surface area contributed by atoms with Crippen molar-refractivity contribution in [2.24, 2.45) is 0 Å². The van der Waals surface area contributed by atoms with Gasteiger partial charge in [0.2, 0.25) is 0 Å². The molecular weight excluding hydrogens is 280 g/mol. The van der Waals surface area contributed by atoms with Crippen LogP contribution in [0.25, 0.3) is 5.76 Å². The Morgan fingerprint density at radius 1 is 1.20 bits per heavy atom. The second-order valence-electron chi connectivity index (χ2n) is 4.55. The number of fused-ring (bicyclic) bond motifs is 1. The van der Waals surface area contributed by atoms with Crippen LogP contribution in [0.4, 0.5) is 5.69 Å². The van der Waals surface area contributed by atoms with E-state index in [1.54, 1.807) is 6.08 Å². The van der Waals surface area contributed by atoms with Crippen LogP contribution in [0.1, 0.15) is 5.56 Å².